The Morgan fingerprint density at radius 1 is 1.16 bits per heavy atom. The molecule has 1 saturated heterocycles. The second-order valence-electron chi connectivity index (χ2n) is 8.89. The van der Waals surface area contributed by atoms with Crippen LogP contribution in [-0.2, 0) is 11.3 Å². The third-order valence-electron chi connectivity index (χ3n) is 6.36. The molecule has 0 bridgehead atoms. The maximum atomic E-state index is 10.3. The summed E-state index contributed by atoms with van der Waals surface area (Å²) in [7, 11) is 0. The lowest BCUT2D eigenvalue weighted by molar-refractivity contribution is -0.0425. The summed E-state index contributed by atoms with van der Waals surface area (Å²) in [6.45, 7) is 1.22. The van der Waals surface area contributed by atoms with Gasteiger partial charge in [-0.3, -0.25) is 4.57 Å². The van der Waals surface area contributed by atoms with Crippen molar-refractivity contribution in [3.63, 3.8) is 0 Å². The molecule has 1 aliphatic rings. The SMILES string of the molecule is NCCCOc1cc(CNc2nc3c(N)ncnc3n2[C@H]2C[C@H](O)[C@@H](CO)O2)ccc1-c1ccccc1. The number of aliphatic hydroxyl groups excluding tert-OH is 2. The Bertz CT molecular complexity index is 1350. The maximum absolute atomic E-state index is 10.3. The van der Waals surface area contributed by atoms with Crippen molar-refractivity contribution in [3.05, 3.63) is 60.4 Å². The average molecular weight is 506 g/mol. The monoisotopic (exact) mass is 505 g/mol. The van der Waals surface area contributed by atoms with Crippen molar-refractivity contribution >= 4 is 22.9 Å². The number of nitrogens with one attached hydrogen (secondary N) is 1. The van der Waals surface area contributed by atoms with E-state index in [9.17, 15) is 10.2 Å². The van der Waals surface area contributed by atoms with Crippen LogP contribution >= 0.6 is 0 Å². The molecule has 3 atom stereocenters. The molecule has 4 aromatic rings. The highest BCUT2D eigenvalue weighted by Gasteiger charge is 2.37. The number of anilines is 2. The summed E-state index contributed by atoms with van der Waals surface area (Å²) in [6.07, 6.45) is 0.323. The van der Waals surface area contributed by atoms with Crippen LogP contribution in [0.3, 0.4) is 0 Å². The van der Waals surface area contributed by atoms with Gasteiger partial charge in [-0.05, 0) is 30.2 Å². The molecule has 1 fully saturated rings. The van der Waals surface area contributed by atoms with Gasteiger partial charge in [0.15, 0.2) is 17.0 Å². The largest absolute Gasteiger partial charge is 0.493 e. The number of imidazole rings is 1. The van der Waals surface area contributed by atoms with Gasteiger partial charge in [0.25, 0.3) is 0 Å². The highest BCUT2D eigenvalue weighted by molar-refractivity contribution is 5.84. The van der Waals surface area contributed by atoms with Crippen LogP contribution in [0.4, 0.5) is 11.8 Å². The van der Waals surface area contributed by atoms with E-state index in [0.29, 0.717) is 36.8 Å². The minimum atomic E-state index is -0.807. The lowest BCUT2D eigenvalue weighted by atomic mass is 10.0. The zero-order chi connectivity index (χ0) is 25.8. The highest BCUT2D eigenvalue weighted by atomic mass is 16.5. The molecule has 11 nitrogen and oxygen atoms in total. The Kier molecular flexibility index (Phi) is 7.47. The molecular formula is C26H31N7O4. The third kappa shape index (κ3) is 5.20. The summed E-state index contributed by atoms with van der Waals surface area (Å²) in [5.41, 5.74) is 15.7. The van der Waals surface area contributed by atoms with Gasteiger partial charge in [-0.1, -0.05) is 42.5 Å². The number of nitrogens with two attached hydrogens (primary N) is 2. The first-order valence-corrected chi connectivity index (χ1v) is 12.3. The summed E-state index contributed by atoms with van der Waals surface area (Å²) in [5.74, 6) is 1.48. The molecule has 5 rings (SSSR count). The molecule has 0 amide bonds. The number of rotatable bonds is 10. The van der Waals surface area contributed by atoms with Crippen LogP contribution < -0.4 is 21.5 Å². The van der Waals surface area contributed by atoms with E-state index in [4.69, 9.17) is 20.9 Å². The number of aliphatic hydroxyl groups is 2. The molecule has 0 radical (unpaired) electrons. The number of nitrogen functional groups attached to an aromatic ring is 1. The lowest BCUT2D eigenvalue weighted by Crippen LogP contribution is -2.24. The molecule has 0 unspecified atom stereocenters. The number of benzene rings is 2. The van der Waals surface area contributed by atoms with Crippen LogP contribution in [0.25, 0.3) is 22.3 Å². The smallest absolute Gasteiger partial charge is 0.207 e. The van der Waals surface area contributed by atoms with Crippen molar-refractivity contribution in [2.24, 2.45) is 5.73 Å². The molecule has 1 aliphatic heterocycles. The number of ether oxygens (including phenoxy) is 2. The Labute approximate surface area is 214 Å². The van der Waals surface area contributed by atoms with E-state index in [-0.39, 0.29) is 18.8 Å². The number of aromatic nitrogens is 4. The average Bonchev–Trinajstić information content (AvgIpc) is 3.48. The molecule has 11 heteroatoms. The van der Waals surface area contributed by atoms with Gasteiger partial charge in [0, 0.05) is 18.5 Å². The van der Waals surface area contributed by atoms with E-state index in [1.54, 1.807) is 4.57 Å². The molecule has 7 N–H and O–H groups in total. The van der Waals surface area contributed by atoms with E-state index in [2.05, 4.69) is 20.3 Å². The van der Waals surface area contributed by atoms with Crippen LogP contribution in [0.2, 0.25) is 0 Å². The van der Waals surface area contributed by atoms with Crippen molar-refractivity contribution in [1.29, 1.82) is 0 Å². The molecule has 0 aliphatic carbocycles. The molecule has 3 heterocycles. The number of hydrogen-bond donors (Lipinski definition) is 5. The van der Waals surface area contributed by atoms with Crippen molar-refractivity contribution in [1.82, 2.24) is 19.5 Å². The van der Waals surface area contributed by atoms with Gasteiger partial charge in [0.05, 0.1) is 19.3 Å². The molecule has 194 valence electrons. The fourth-order valence-electron chi connectivity index (χ4n) is 4.46. The van der Waals surface area contributed by atoms with E-state index < -0.39 is 18.4 Å². The van der Waals surface area contributed by atoms with Gasteiger partial charge in [-0.15, -0.1) is 0 Å². The van der Waals surface area contributed by atoms with Crippen LogP contribution in [-0.4, -0.2) is 61.7 Å². The lowest BCUT2D eigenvalue weighted by Gasteiger charge is -2.18. The molecule has 2 aromatic heterocycles. The predicted molar refractivity (Wildman–Crippen MR) is 140 cm³/mol. The first kappa shape index (κ1) is 24.9. The predicted octanol–water partition coefficient (Wildman–Crippen LogP) is 2.06. The van der Waals surface area contributed by atoms with Crippen molar-refractivity contribution < 1.29 is 19.7 Å². The fourth-order valence-corrected chi connectivity index (χ4v) is 4.46. The standard InChI is InChI=1S/C26H31N7O4/c27-9-4-10-36-20-11-16(7-8-18(20)17-5-2-1-3-6-17)13-29-26-32-23-24(28)30-15-31-25(23)33(26)22-12-19(35)21(14-34)37-22/h1-3,5-8,11,15,19,21-22,34-35H,4,9-10,12-14,27H2,(H,29,32)(H2,28,30,31)/t19-,21+,22+/m0/s1. The number of hydrogen-bond acceptors (Lipinski definition) is 10. The van der Waals surface area contributed by atoms with Crippen LogP contribution in [0.1, 0.15) is 24.6 Å². The third-order valence-corrected chi connectivity index (χ3v) is 6.36. The van der Waals surface area contributed by atoms with Gasteiger partial charge in [-0.2, -0.15) is 0 Å². The Morgan fingerprint density at radius 2 is 2.00 bits per heavy atom. The zero-order valence-electron chi connectivity index (χ0n) is 20.3. The minimum Gasteiger partial charge on any atom is -0.493 e. The van der Waals surface area contributed by atoms with Gasteiger partial charge in [0.2, 0.25) is 5.95 Å². The number of fused-ring (bicyclic) bond motifs is 1. The van der Waals surface area contributed by atoms with Gasteiger partial charge >= 0.3 is 0 Å². The van der Waals surface area contributed by atoms with E-state index in [0.717, 1.165) is 28.9 Å². The second-order valence-corrected chi connectivity index (χ2v) is 8.89. The summed E-state index contributed by atoms with van der Waals surface area (Å²) >= 11 is 0. The molecule has 0 saturated carbocycles. The van der Waals surface area contributed by atoms with Crippen molar-refractivity contribution in [2.75, 3.05) is 30.8 Å². The zero-order valence-corrected chi connectivity index (χ0v) is 20.3. The van der Waals surface area contributed by atoms with Crippen LogP contribution in [0.15, 0.2) is 54.9 Å². The normalized spacial score (nSPS) is 19.4. The highest BCUT2D eigenvalue weighted by Crippen LogP contribution is 2.35. The second kappa shape index (κ2) is 11.1. The molecule has 0 spiro atoms. The Hall–Kier alpha value is -3.77. The van der Waals surface area contributed by atoms with Gasteiger partial charge < -0.3 is 36.5 Å². The maximum Gasteiger partial charge on any atom is 0.207 e. The first-order valence-electron chi connectivity index (χ1n) is 12.3. The van der Waals surface area contributed by atoms with E-state index in [1.165, 1.54) is 6.33 Å². The van der Waals surface area contributed by atoms with Crippen molar-refractivity contribution in [3.8, 4) is 16.9 Å². The van der Waals surface area contributed by atoms with Gasteiger partial charge in [0.1, 0.15) is 24.4 Å². The number of nitrogens with zero attached hydrogens (tertiary/aromatic N) is 4. The summed E-state index contributed by atoms with van der Waals surface area (Å²) in [6, 6.07) is 16.1. The summed E-state index contributed by atoms with van der Waals surface area (Å²) in [4.78, 5) is 13.0. The van der Waals surface area contributed by atoms with E-state index in [1.807, 2.05) is 48.5 Å². The molecule has 2 aromatic carbocycles. The topological polar surface area (TPSA) is 167 Å². The quantitative estimate of drug-likeness (QED) is 0.201. The minimum absolute atomic E-state index is 0.242. The fraction of sp³-hybridized carbons (Fsp3) is 0.346. The Balaban J connectivity index is 1.44. The summed E-state index contributed by atoms with van der Waals surface area (Å²) in [5, 5.41) is 23.2. The van der Waals surface area contributed by atoms with Crippen molar-refractivity contribution in [2.45, 2.75) is 37.8 Å². The first-order chi connectivity index (χ1) is 18.1. The Morgan fingerprint density at radius 3 is 2.76 bits per heavy atom. The van der Waals surface area contributed by atoms with Crippen LogP contribution in [0.5, 0.6) is 5.75 Å². The van der Waals surface area contributed by atoms with Gasteiger partial charge in [-0.25, -0.2) is 15.0 Å². The van der Waals surface area contributed by atoms with E-state index >= 15 is 0 Å². The van der Waals surface area contributed by atoms with Crippen LogP contribution in [0, 0.1) is 0 Å². The molecular weight excluding hydrogens is 474 g/mol. The summed E-state index contributed by atoms with van der Waals surface area (Å²) < 4.78 is 13.7. The molecule has 37 heavy (non-hydrogen) atoms.